The highest BCUT2D eigenvalue weighted by Gasteiger charge is 2.49. The van der Waals surface area contributed by atoms with Crippen molar-refractivity contribution >= 4 is 33.9 Å². The number of halogens is 4. The lowest BCUT2D eigenvalue weighted by atomic mass is 10.2. The van der Waals surface area contributed by atoms with Crippen LogP contribution < -0.4 is 9.74 Å². The Kier molecular flexibility index (Phi) is 5.52. The van der Waals surface area contributed by atoms with E-state index >= 15 is 0 Å². The van der Waals surface area contributed by atoms with Crippen LogP contribution in [0.15, 0.2) is 53.7 Å². The van der Waals surface area contributed by atoms with Crippen LogP contribution in [0.2, 0.25) is 5.02 Å². The normalized spacial score (nSPS) is 12.0. The van der Waals surface area contributed by atoms with Crippen LogP contribution in [0.25, 0.3) is 16.9 Å². The number of H-pyrrole nitrogens is 1. The Morgan fingerprint density at radius 2 is 1.83 bits per heavy atom. The van der Waals surface area contributed by atoms with Crippen LogP contribution >= 0.6 is 23.8 Å². The standard InChI is InChI=1S/C16H9ClF3N3O4S2/c17-9-1-3-10(4-2-9)23-8-22-11(7-13(23)24)14-12(5-6-21-15(14)28)27-29(25,26)16(18,19)20/h1-8H,(H,21,28). The molecule has 152 valence electrons. The second-order valence-corrected chi connectivity index (χ2v) is 7.87. The van der Waals surface area contributed by atoms with Gasteiger partial charge in [0.1, 0.15) is 11.0 Å². The lowest BCUT2D eigenvalue weighted by Crippen LogP contribution is -2.28. The molecule has 2 aromatic heterocycles. The molecule has 13 heteroatoms. The van der Waals surface area contributed by atoms with E-state index in [1.54, 1.807) is 24.3 Å². The number of rotatable bonds is 4. The summed E-state index contributed by atoms with van der Waals surface area (Å²) in [4.78, 5) is 19.0. The molecule has 1 N–H and O–H groups in total. The third-order valence-electron chi connectivity index (χ3n) is 3.58. The lowest BCUT2D eigenvalue weighted by Gasteiger charge is -2.13. The van der Waals surface area contributed by atoms with Crippen molar-refractivity contribution in [3.8, 4) is 22.7 Å². The van der Waals surface area contributed by atoms with Gasteiger partial charge in [0.25, 0.3) is 5.56 Å². The number of pyridine rings is 1. The number of hydrogen-bond acceptors (Lipinski definition) is 6. The van der Waals surface area contributed by atoms with E-state index in [1.807, 2.05) is 0 Å². The number of hydrogen-bond donors (Lipinski definition) is 1. The Morgan fingerprint density at radius 3 is 2.41 bits per heavy atom. The minimum Gasteiger partial charge on any atom is -0.375 e. The molecule has 0 spiro atoms. The van der Waals surface area contributed by atoms with Crippen molar-refractivity contribution < 1.29 is 25.8 Å². The van der Waals surface area contributed by atoms with Gasteiger partial charge in [-0.1, -0.05) is 23.8 Å². The molecule has 3 aromatic rings. The quantitative estimate of drug-likeness (QED) is 0.359. The van der Waals surface area contributed by atoms with Crippen LogP contribution in [-0.4, -0.2) is 28.5 Å². The van der Waals surface area contributed by atoms with Gasteiger partial charge in [-0.25, -0.2) is 4.98 Å². The molecular weight excluding hydrogens is 455 g/mol. The summed E-state index contributed by atoms with van der Waals surface area (Å²) in [7, 11) is -5.95. The zero-order valence-electron chi connectivity index (χ0n) is 14.0. The Balaban J connectivity index is 2.10. The Bertz CT molecular complexity index is 1290. The number of benzene rings is 1. The molecule has 0 amide bonds. The number of aromatic nitrogens is 3. The van der Waals surface area contributed by atoms with Gasteiger partial charge in [-0.2, -0.15) is 21.6 Å². The summed E-state index contributed by atoms with van der Waals surface area (Å²) < 4.78 is 65.9. The van der Waals surface area contributed by atoms with Gasteiger partial charge in [-0.05, 0) is 30.3 Å². The van der Waals surface area contributed by atoms with E-state index in [0.717, 1.165) is 29.2 Å². The Hall–Kier alpha value is -2.70. The summed E-state index contributed by atoms with van der Waals surface area (Å²) in [6.45, 7) is 0. The first kappa shape index (κ1) is 21.0. The van der Waals surface area contributed by atoms with Crippen LogP contribution in [0.1, 0.15) is 0 Å². The minimum absolute atomic E-state index is 0.170. The van der Waals surface area contributed by atoms with E-state index < -0.39 is 26.9 Å². The van der Waals surface area contributed by atoms with Crippen molar-refractivity contribution in [3.63, 3.8) is 0 Å². The van der Waals surface area contributed by atoms with E-state index in [0.29, 0.717) is 10.7 Å². The maximum Gasteiger partial charge on any atom is 0.534 e. The van der Waals surface area contributed by atoms with E-state index in [2.05, 4.69) is 14.2 Å². The first-order valence-corrected chi connectivity index (χ1v) is 9.76. The van der Waals surface area contributed by atoms with Gasteiger partial charge in [-0.3, -0.25) is 9.36 Å². The SMILES string of the molecule is O=c1cc(-c2c(OS(=O)(=O)C(F)(F)F)cc[nH]c2=S)ncn1-c1ccc(Cl)cc1. The summed E-state index contributed by atoms with van der Waals surface area (Å²) in [5.41, 5.74) is -6.25. The predicted octanol–water partition coefficient (Wildman–Crippen LogP) is 3.84. The van der Waals surface area contributed by atoms with Crippen molar-refractivity contribution in [2.75, 3.05) is 0 Å². The summed E-state index contributed by atoms with van der Waals surface area (Å²) in [6, 6.07) is 8.15. The average Bonchev–Trinajstić information content (AvgIpc) is 2.61. The largest absolute Gasteiger partial charge is 0.534 e. The fourth-order valence-electron chi connectivity index (χ4n) is 2.27. The average molecular weight is 464 g/mol. The van der Waals surface area contributed by atoms with Crippen molar-refractivity contribution in [2.24, 2.45) is 0 Å². The highest BCUT2D eigenvalue weighted by atomic mass is 35.5. The molecule has 0 aliphatic heterocycles. The van der Waals surface area contributed by atoms with Crippen LogP contribution in [0.5, 0.6) is 5.75 Å². The maximum atomic E-state index is 12.7. The number of nitrogens with zero attached hydrogens (tertiary/aromatic N) is 2. The molecule has 2 heterocycles. The monoisotopic (exact) mass is 463 g/mol. The van der Waals surface area contributed by atoms with Gasteiger partial charge in [0.15, 0.2) is 5.75 Å². The fourth-order valence-corrected chi connectivity index (χ4v) is 3.14. The van der Waals surface area contributed by atoms with E-state index in [1.165, 1.54) is 0 Å². The fraction of sp³-hybridized carbons (Fsp3) is 0.0625. The van der Waals surface area contributed by atoms with Crippen molar-refractivity contribution in [2.45, 2.75) is 5.51 Å². The third-order valence-corrected chi connectivity index (χ3v) is 5.12. The molecule has 7 nitrogen and oxygen atoms in total. The molecule has 0 fully saturated rings. The van der Waals surface area contributed by atoms with Gasteiger partial charge in [0.2, 0.25) is 0 Å². The second-order valence-electron chi connectivity index (χ2n) is 5.49. The molecule has 29 heavy (non-hydrogen) atoms. The number of alkyl halides is 3. The summed E-state index contributed by atoms with van der Waals surface area (Å²) in [5, 5.41) is 0.453. The van der Waals surface area contributed by atoms with Crippen molar-refractivity contribution in [1.29, 1.82) is 0 Å². The smallest absolute Gasteiger partial charge is 0.375 e. The van der Waals surface area contributed by atoms with Crippen LogP contribution in [0, 0.1) is 4.64 Å². The van der Waals surface area contributed by atoms with Crippen LogP contribution in [0.3, 0.4) is 0 Å². The zero-order valence-corrected chi connectivity index (χ0v) is 16.4. The Morgan fingerprint density at radius 1 is 1.17 bits per heavy atom. The highest BCUT2D eigenvalue weighted by Crippen LogP contribution is 2.33. The van der Waals surface area contributed by atoms with Crippen LogP contribution in [0.4, 0.5) is 13.2 Å². The molecule has 0 bridgehead atoms. The van der Waals surface area contributed by atoms with Gasteiger partial charge >= 0.3 is 15.6 Å². The highest BCUT2D eigenvalue weighted by molar-refractivity contribution is 7.88. The summed E-state index contributed by atoms with van der Waals surface area (Å²) >= 11 is 10.8. The van der Waals surface area contributed by atoms with Gasteiger partial charge in [0.05, 0.1) is 16.9 Å². The second kappa shape index (κ2) is 7.61. The summed E-state index contributed by atoms with van der Waals surface area (Å²) in [5.74, 6) is -0.720. The van der Waals surface area contributed by atoms with Gasteiger partial charge in [-0.15, -0.1) is 0 Å². The molecule has 3 rings (SSSR count). The zero-order chi connectivity index (χ0) is 21.4. The molecule has 0 aliphatic rings. The van der Waals surface area contributed by atoms with Crippen LogP contribution in [-0.2, 0) is 10.1 Å². The minimum atomic E-state index is -5.95. The van der Waals surface area contributed by atoms with Gasteiger partial charge < -0.3 is 9.17 Å². The first-order valence-electron chi connectivity index (χ1n) is 7.57. The van der Waals surface area contributed by atoms with Crippen molar-refractivity contribution in [1.82, 2.24) is 14.5 Å². The topological polar surface area (TPSA) is 94.1 Å². The molecule has 0 radical (unpaired) electrons. The molecule has 0 unspecified atom stereocenters. The Labute approximate surface area is 171 Å². The lowest BCUT2D eigenvalue weighted by molar-refractivity contribution is -0.0499. The van der Waals surface area contributed by atoms with E-state index in [-0.39, 0.29) is 15.9 Å². The first-order chi connectivity index (χ1) is 13.5. The molecular formula is C16H9ClF3N3O4S2. The predicted molar refractivity (Wildman–Crippen MR) is 101 cm³/mol. The molecule has 0 saturated heterocycles. The third kappa shape index (κ3) is 4.33. The van der Waals surface area contributed by atoms with Crippen molar-refractivity contribution in [3.05, 3.63) is 68.9 Å². The molecule has 0 atom stereocenters. The van der Waals surface area contributed by atoms with E-state index in [9.17, 15) is 26.4 Å². The number of aromatic amines is 1. The number of nitrogens with one attached hydrogen (secondary N) is 1. The summed E-state index contributed by atoms with van der Waals surface area (Å²) in [6.07, 6.45) is 2.21. The maximum absolute atomic E-state index is 12.7. The molecule has 0 aliphatic carbocycles. The molecule has 0 saturated carbocycles. The molecule has 1 aromatic carbocycles. The van der Waals surface area contributed by atoms with Gasteiger partial charge in [0, 0.05) is 17.3 Å². The van der Waals surface area contributed by atoms with E-state index in [4.69, 9.17) is 23.8 Å².